The van der Waals surface area contributed by atoms with Gasteiger partial charge in [-0.1, -0.05) is 54.1 Å². The average Bonchev–Trinajstić information content (AvgIpc) is 3.08. The van der Waals surface area contributed by atoms with Crippen LogP contribution in [0.5, 0.6) is 0 Å². The molecule has 0 aliphatic heterocycles. The van der Waals surface area contributed by atoms with Gasteiger partial charge in [0.1, 0.15) is 0 Å². The molecule has 3 rings (SSSR count). The Morgan fingerprint density at radius 1 is 0.909 bits per heavy atom. The third-order valence-corrected chi connectivity index (χ3v) is 4.70. The molecule has 0 bridgehead atoms. The molecule has 0 aromatic heterocycles. The molecule has 0 nitrogen and oxygen atoms in total. The van der Waals surface area contributed by atoms with Crippen molar-refractivity contribution in [3.8, 4) is 0 Å². The molecule has 0 amide bonds. The molecule has 0 spiro atoms. The van der Waals surface area contributed by atoms with Gasteiger partial charge in [-0.3, -0.25) is 0 Å². The molecule has 1 heteroatoms. The van der Waals surface area contributed by atoms with Crippen molar-refractivity contribution in [3.05, 3.63) is 96.0 Å². The van der Waals surface area contributed by atoms with E-state index in [0.717, 1.165) is 15.2 Å². The Morgan fingerprint density at radius 3 is 2.27 bits per heavy atom. The van der Waals surface area contributed by atoms with Crippen LogP contribution in [0.1, 0.15) is 19.4 Å². The van der Waals surface area contributed by atoms with E-state index in [0.29, 0.717) is 0 Å². The fourth-order valence-corrected chi connectivity index (χ4v) is 2.93. The Kier molecular flexibility index (Phi) is 7.10. The van der Waals surface area contributed by atoms with Crippen molar-refractivity contribution in [2.24, 2.45) is 0 Å². The molecule has 1 aromatic rings. The third kappa shape index (κ3) is 4.95. The van der Waals surface area contributed by atoms with Crippen LogP contribution in [0.25, 0.3) is 5.57 Å². The van der Waals surface area contributed by atoms with Crippen molar-refractivity contribution in [1.82, 2.24) is 0 Å². The van der Waals surface area contributed by atoms with Crippen molar-refractivity contribution in [1.29, 1.82) is 0 Å². The number of benzene rings is 1. The zero-order valence-electron chi connectivity index (χ0n) is 13.5. The fraction of sp³-hybridized carbons (Fsp3) is 0.190. The molecular weight excluding hydrogens is 279 g/mol. The molecule has 0 fully saturated rings. The summed E-state index contributed by atoms with van der Waals surface area (Å²) in [7, 11) is 0. The maximum atomic E-state index is 2.25. The van der Waals surface area contributed by atoms with Crippen LogP contribution in [0, 0.1) is 6.42 Å². The van der Waals surface area contributed by atoms with Crippen LogP contribution < -0.4 is 0 Å². The van der Waals surface area contributed by atoms with Gasteiger partial charge < -0.3 is 0 Å². The quantitative estimate of drug-likeness (QED) is 0.486. The molecule has 0 saturated heterocycles. The van der Waals surface area contributed by atoms with Crippen molar-refractivity contribution in [2.75, 3.05) is 0 Å². The van der Waals surface area contributed by atoms with E-state index in [1.807, 2.05) is 12.1 Å². The van der Waals surface area contributed by atoms with E-state index in [1.165, 1.54) is 32.8 Å². The minimum absolute atomic E-state index is 0.815. The van der Waals surface area contributed by atoms with E-state index in [1.54, 1.807) is 0 Å². The van der Waals surface area contributed by atoms with Crippen LogP contribution in [0.4, 0.5) is 0 Å². The van der Waals surface area contributed by atoms with Crippen molar-refractivity contribution in [3.63, 3.8) is 0 Å². The second-order valence-corrected chi connectivity index (χ2v) is 7.44. The van der Waals surface area contributed by atoms with Crippen LogP contribution >= 0.6 is 0 Å². The molecule has 0 heterocycles. The molecule has 1 aromatic carbocycles. The molecule has 2 aliphatic carbocycles. The zero-order chi connectivity index (χ0) is 15.6. The molecule has 2 aliphatic rings. The average molecular weight is 302 g/mol. The molecule has 0 saturated carbocycles. The molecular formula is C21H23Al. The van der Waals surface area contributed by atoms with E-state index in [-0.39, 0.29) is 0 Å². The van der Waals surface area contributed by atoms with Gasteiger partial charge in [-0.2, -0.15) is 0 Å². The Hall–Kier alpha value is -1.68. The first-order valence-corrected chi connectivity index (χ1v) is 9.67. The number of hydrogen-bond acceptors (Lipinski definition) is 0. The summed E-state index contributed by atoms with van der Waals surface area (Å²) >= 11 is 0.815. The molecule has 110 valence electrons. The summed E-state index contributed by atoms with van der Waals surface area (Å²) in [5.41, 5.74) is 5.11. The van der Waals surface area contributed by atoms with Gasteiger partial charge in [-0.15, -0.1) is 36.3 Å². The summed E-state index contributed by atoms with van der Waals surface area (Å²) in [5, 5.41) is 2.85. The molecule has 0 atom stereocenters. The molecule has 0 unspecified atom stereocenters. The van der Waals surface area contributed by atoms with E-state index in [9.17, 15) is 0 Å². The van der Waals surface area contributed by atoms with Crippen molar-refractivity contribution >= 4 is 20.8 Å². The van der Waals surface area contributed by atoms with Crippen molar-refractivity contribution < 1.29 is 0 Å². The Morgan fingerprint density at radius 2 is 1.68 bits per heavy atom. The van der Waals surface area contributed by atoms with Gasteiger partial charge in [0.15, 0.2) is 0 Å². The number of allylic oxidation sites excluding steroid dienone is 10. The molecule has 22 heavy (non-hydrogen) atoms. The monoisotopic (exact) mass is 302 g/mol. The Bertz CT molecular complexity index is 611. The van der Waals surface area contributed by atoms with Gasteiger partial charge in [0.2, 0.25) is 0 Å². The van der Waals surface area contributed by atoms with Crippen LogP contribution in [-0.2, 0) is 0 Å². The summed E-state index contributed by atoms with van der Waals surface area (Å²) in [6.45, 7) is 4.50. The summed E-state index contributed by atoms with van der Waals surface area (Å²) < 4.78 is 0. The second-order valence-electron chi connectivity index (χ2n) is 5.23. The van der Waals surface area contributed by atoms with E-state index in [2.05, 4.69) is 81.0 Å². The van der Waals surface area contributed by atoms with E-state index >= 15 is 0 Å². The van der Waals surface area contributed by atoms with Gasteiger partial charge in [0, 0.05) is 0 Å². The van der Waals surface area contributed by atoms with Crippen LogP contribution in [-0.4, -0.2) is 15.2 Å². The first kappa shape index (κ1) is 16.7. The summed E-state index contributed by atoms with van der Waals surface area (Å²) in [6.07, 6.45) is 17.1. The summed E-state index contributed by atoms with van der Waals surface area (Å²) in [5.74, 6) is 0. The van der Waals surface area contributed by atoms with Gasteiger partial charge in [-0.05, 0) is 11.1 Å². The van der Waals surface area contributed by atoms with Crippen molar-refractivity contribution in [2.45, 2.75) is 24.4 Å². The SMILES string of the molecule is C1=C[CH-]C(=C2C=CC(c3ccccc3)=C2)C=C1.C[CH2][Al+][CH2]C. The van der Waals surface area contributed by atoms with E-state index < -0.39 is 0 Å². The number of rotatable bonds is 3. The fourth-order valence-electron chi connectivity index (χ4n) is 2.35. The first-order chi connectivity index (χ1) is 10.8. The predicted molar refractivity (Wildman–Crippen MR) is 99.9 cm³/mol. The predicted octanol–water partition coefficient (Wildman–Crippen LogP) is 5.83. The third-order valence-electron chi connectivity index (χ3n) is 3.55. The first-order valence-electron chi connectivity index (χ1n) is 8.04. The summed E-state index contributed by atoms with van der Waals surface area (Å²) in [4.78, 5) is 0. The maximum absolute atomic E-state index is 2.25. The van der Waals surface area contributed by atoms with Gasteiger partial charge in [0.25, 0.3) is 0 Å². The summed E-state index contributed by atoms with van der Waals surface area (Å²) in [6, 6.07) is 10.5. The van der Waals surface area contributed by atoms with E-state index in [4.69, 9.17) is 0 Å². The molecule has 0 radical (unpaired) electrons. The Labute approximate surface area is 141 Å². The van der Waals surface area contributed by atoms with Gasteiger partial charge >= 0.3 is 39.6 Å². The Balaban J connectivity index is 0.000000309. The second kappa shape index (κ2) is 9.36. The standard InChI is InChI=1S/C17H13.2C2H5.Al/c1-3-7-14(8-4-1)16-11-12-17(13-16)15-9-5-2-6-10-15;2*1-2;/h1-13H;2*1H2,2H3;/q-1;;;+1. The number of hydrogen-bond donors (Lipinski definition) is 0. The van der Waals surface area contributed by atoms with Crippen LogP contribution in [0.2, 0.25) is 10.6 Å². The normalized spacial score (nSPS) is 18.2. The van der Waals surface area contributed by atoms with Gasteiger partial charge in [-0.25, -0.2) is 0 Å². The minimum atomic E-state index is 0.815. The zero-order valence-corrected chi connectivity index (χ0v) is 14.7. The van der Waals surface area contributed by atoms with Crippen LogP contribution in [0.15, 0.2) is 84.0 Å². The van der Waals surface area contributed by atoms with Gasteiger partial charge in [0.05, 0.1) is 0 Å². The molecule has 0 N–H and O–H groups in total. The van der Waals surface area contributed by atoms with Crippen LogP contribution in [0.3, 0.4) is 0 Å². The topological polar surface area (TPSA) is 0 Å².